The largest absolute Gasteiger partial charge is 0.445 e. The number of halogens is 1. The van der Waals surface area contributed by atoms with Gasteiger partial charge in [0.05, 0.1) is 16.9 Å². The van der Waals surface area contributed by atoms with Crippen LogP contribution in [0.5, 0.6) is 0 Å². The second-order valence-corrected chi connectivity index (χ2v) is 9.19. The molecule has 1 heterocycles. The predicted octanol–water partition coefficient (Wildman–Crippen LogP) is 5.77. The molecule has 7 heteroatoms. The molecule has 0 spiro atoms. The van der Waals surface area contributed by atoms with Gasteiger partial charge in [-0.25, -0.2) is 14.8 Å². The van der Waals surface area contributed by atoms with Crippen molar-refractivity contribution in [3.05, 3.63) is 94.3 Å². The first-order valence-electron chi connectivity index (χ1n) is 11.7. The molecule has 2 aliphatic carbocycles. The van der Waals surface area contributed by atoms with Gasteiger partial charge in [-0.3, -0.25) is 0 Å². The number of allylic oxidation sites excluding steroid dienone is 1. The van der Waals surface area contributed by atoms with Gasteiger partial charge in [0, 0.05) is 17.7 Å². The number of nitrogens with one attached hydrogen (secondary N) is 2. The summed E-state index contributed by atoms with van der Waals surface area (Å²) in [5.41, 5.74) is 5.22. The zero-order valence-electron chi connectivity index (χ0n) is 18.8. The van der Waals surface area contributed by atoms with Crippen LogP contribution in [0.2, 0.25) is 5.02 Å². The summed E-state index contributed by atoms with van der Waals surface area (Å²) in [6.07, 6.45) is 8.03. The highest BCUT2D eigenvalue weighted by atomic mass is 35.5. The third-order valence-corrected chi connectivity index (χ3v) is 6.65. The van der Waals surface area contributed by atoms with Crippen molar-refractivity contribution in [2.75, 3.05) is 5.32 Å². The Morgan fingerprint density at radius 1 is 1.06 bits per heavy atom. The standard InChI is InChI=1S/C27H27ClN4O2/c28-24-16-29-26(32-25(24)23-14-13-19-9-4-5-12-22(19)23)30-20-10-6-11-21(15-20)31-27(33)34-17-18-7-2-1-3-8-18/h1-5,7-9,12,14,16,20-21H,6,10-11,13,15,17H2,(H,31,33)(H,29,30,32)/t20-,21+/m1/s1. The van der Waals surface area contributed by atoms with Crippen molar-refractivity contribution in [3.8, 4) is 0 Å². The van der Waals surface area contributed by atoms with Gasteiger partial charge < -0.3 is 15.4 Å². The first kappa shape index (κ1) is 22.4. The van der Waals surface area contributed by atoms with Crippen molar-refractivity contribution < 1.29 is 9.53 Å². The fourth-order valence-corrected chi connectivity index (χ4v) is 4.89. The summed E-state index contributed by atoms with van der Waals surface area (Å²) in [6, 6.07) is 18.2. The summed E-state index contributed by atoms with van der Waals surface area (Å²) < 4.78 is 5.38. The topological polar surface area (TPSA) is 76.1 Å². The summed E-state index contributed by atoms with van der Waals surface area (Å²) in [5, 5.41) is 7.01. The third-order valence-electron chi connectivity index (χ3n) is 6.38. The number of hydrogen-bond donors (Lipinski definition) is 2. The van der Waals surface area contributed by atoms with Crippen molar-refractivity contribution in [2.45, 2.75) is 50.8 Å². The quantitative estimate of drug-likeness (QED) is 0.474. The second-order valence-electron chi connectivity index (χ2n) is 8.78. The molecular formula is C27H27ClN4O2. The van der Waals surface area contributed by atoms with Crippen LogP contribution in [0.4, 0.5) is 10.7 Å². The summed E-state index contributed by atoms with van der Waals surface area (Å²) in [4.78, 5) is 21.5. The first-order chi connectivity index (χ1) is 16.7. The van der Waals surface area contributed by atoms with E-state index < -0.39 is 0 Å². The lowest BCUT2D eigenvalue weighted by Crippen LogP contribution is -2.42. The van der Waals surface area contributed by atoms with Gasteiger partial charge in [-0.2, -0.15) is 0 Å². The van der Waals surface area contributed by atoms with E-state index in [0.29, 0.717) is 11.0 Å². The summed E-state index contributed by atoms with van der Waals surface area (Å²) in [5.74, 6) is 0.557. The van der Waals surface area contributed by atoms with Gasteiger partial charge in [-0.15, -0.1) is 0 Å². The molecule has 0 saturated heterocycles. The minimum atomic E-state index is -0.383. The Bertz CT molecular complexity index is 1200. The van der Waals surface area contributed by atoms with Gasteiger partial charge >= 0.3 is 6.09 Å². The van der Waals surface area contributed by atoms with Gasteiger partial charge in [0.2, 0.25) is 5.95 Å². The molecule has 2 N–H and O–H groups in total. The first-order valence-corrected chi connectivity index (χ1v) is 12.1. The number of benzene rings is 2. The number of nitrogens with zero attached hydrogens (tertiary/aromatic N) is 2. The molecule has 2 atom stereocenters. The molecule has 34 heavy (non-hydrogen) atoms. The number of carbonyl (C=O) groups excluding carboxylic acids is 1. The molecule has 1 amide bonds. The van der Waals surface area contributed by atoms with Crippen molar-refractivity contribution in [1.82, 2.24) is 15.3 Å². The molecule has 6 nitrogen and oxygen atoms in total. The van der Waals surface area contributed by atoms with Crippen LogP contribution in [0.15, 0.2) is 66.9 Å². The molecule has 0 bridgehead atoms. The van der Waals surface area contributed by atoms with Crippen LogP contribution in [0.3, 0.4) is 0 Å². The van der Waals surface area contributed by atoms with Crippen molar-refractivity contribution in [3.63, 3.8) is 0 Å². The highest BCUT2D eigenvalue weighted by molar-refractivity contribution is 6.32. The summed E-state index contributed by atoms with van der Waals surface area (Å²) in [7, 11) is 0. The Morgan fingerprint density at radius 2 is 1.85 bits per heavy atom. The molecule has 1 fully saturated rings. The number of aromatic nitrogens is 2. The Kier molecular flexibility index (Phi) is 6.77. The van der Waals surface area contributed by atoms with Gasteiger partial charge in [0.25, 0.3) is 0 Å². The molecular weight excluding hydrogens is 448 g/mol. The maximum absolute atomic E-state index is 12.3. The highest BCUT2D eigenvalue weighted by Gasteiger charge is 2.25. The molecule has 0 aliphatic heterocycles. The smallest absolute Gasteiger partial charge is 0.407 e. The number of alkyl carbamates (subject to hydrolysis) is 1. The summed E-state index contributed by atoms with van der Waals surface area (Å²) >= 11 is 6.48. The fraction of sp³-hybridized carbons (Fsp3) is 0.296. The van der Waals surface area contributed by atoms with Crippen LogP contribution in [-0.2, 0) is 17.8 Å². The maximum atomic E-state index is 12.3. The number of rotatable bonds is 6. The number of ether oxygens (including phenoxy) is 1. The number of carbonyl (C=O) groups is 1. The normalized spacial score (nSPS) is 19.1. The van der Waals surface area contributed by atoms with E-state index in [2.05, 4.69) is 39.9 Å². The van der Waals surface area contributed by atoms with E-state index in [4.69, 9.17) is 21.3 Å². The maximum Gasteiger partial charge on any atom is 0.407 e. The zero-order valence-corrected chi connectivity index (χ0v) is 19.6. The molecule has 1 aromatic heterocycles. The van der Waals surface area contributed by atoms with Crippen LogP contribution in [-0.4, -0.2) is 28.1 Å². The minimum Gasteiger partial charge on any atom is -0.445 e. The van der Waals surface area contributed by atoms with E-state index >= 15 is 0 Å². The SMILES string of the molecule is O=C(N[C@H]1CCC[C@@H](Nc2ncc(Cl)c(C3=CCc4ccccc43)n2)C1)OCc1ccccc1. The monoisotopic (exact) mass is 474 g/mol. The van der Waals surface area contributed by atoms with Gasteiger partial charge in [-0.1, -0.05) is 72.3 Å². The molecule has 5 rings (SSSR count). The second kappa shape index (κ2) is 10.3. The highest BCUT2D eigenvalue weighted by Crippen LogP contribution is 2.35. The van der Waals surface area contributed by atoms with Gasteiger partial charge in [0.1, 0.15) is 6.61 Å². The van der Waals surface area contributed by atoms with Gasteiger partial charge in [-0.05, 0) is 48.8 Å². The Balaban J connectivity index is 1.19. The van der Waals surface area contributed by atoms with E-state index in [-0.39, 0.29) is 24.8 Å². The predicted molar refractivity (Wildman–Crippen MR) is 134 cm³/mol. The van der Waals surface area contributed by atoms with Crippen LogP contribution in [0, 0.1) is 0 Å². The van der Waals surface area contributed by atoms with Crippen LogP contribution in [0.25, 0.3) is 5.57 Å². The van der Waals surface area contributed by atoms with E-state index in [1.165, 1.54) is 11.1 Å². The van der Waals surface area contributed by atoms with Crippen LogP contribution >= 0.6 is 11.6 Å². The van der Waals surface area contributed by atoms with Gasteiger partial charge in [0.15, 0.2) is 0 Å². The van der Waals surface area contributed by atoms with E-state index in [0.717, 1.165) is 48.9 Å². The lowest BCUT2D eigenvalue weighted by molar-refractivity contribution is 0.132. The summed E-state index contributed by atoms with van der Waals surface area (Å²) in [6.45, 7) is 0.265. The third kappa shape index (κ3) is 5.23. The number of hydrogen-bond acceptors (Lipinski definition) is 5. The molecule has 0 unspecified atom stereocenters. The molecule has 2 aliphatic rings. The average Bonchev–Trinajstić information content (AvgIpc) is 3.29. The van der Waals surface area contributed by atoms with E-state index in [1.807, 2.05) is 36.4 Å². The Morgan fingerprint density at radius 3 is 2.74 bits per heavy atom. The molecule has 3 aromatic rings. The van der Waals surface area contributed by atoms with Crippen molar-refractivity contribution >= 4 is 29.2 Å². The molecule has 174 valence electrons. The lowest BCUT2D eigenvalue weighted by atomic mass is 9.91. The lowest BCUT2D eigenvalue weighted by Gasteiger charge is -2.30. The van der Waals surface area contributed by atoms with Crippen LogP contribution in [0.1, 0.15) is 48.1 Å². The number of fused-ring (bicyclic) bond motifs is 1. The minimum absolute atomic E-state index is 0.0470. The van der Waals surface area contributed by atoms with E-state index in [1.54, 1.807) is 6.20 Å². The zero-order chi connectivity index (χ0) is 23.3. The van der Waals surface area contributed by atoms with Crippen molar-refractivity contribution in [1.29, 1.82) is 0 Å². The van der Waals surface area contributed by atoms with Crippen molar-refractivity contribution in [2.24, 2.45) is 0 Å². The molecule has 0 radical (unpaired) electrons. The average molecular weight is 475 g/mol. The number of amides is 1. The molecule has 1 saturated carbocycles. The Labute approximate surface area is 204 Å². The number of anilines is 1. The fourth-order valence-electron chi connectivity index (χ4n) is 4.70. The Hall–Kier alpha value is -3.38. The van der Waals surface area contributed by atoms with E-state index in [9.17, 15) is 4.79 Å². The molecule has 2 aromatic carbocycles. The van der Waals surface area contributed by atoms with Crippen LogP contribution < -0.4 is 10.6 Å².